The number of aliphatic hydroxyl groups excluding tert-OH is 1. The SMILES string of the molecule is COc1ccc(C)cc1C(CN)C(O)c1cscc1C. The standard InChI is InChI=1S/C16H21NO2S/c1-10-4-5-15(19-3)12(6-10)13(7-17)16(18)14-9-20-8-11(14)2/h4-6,8-9,13,16,18H,7,17H2,1-3H3. The van der Waals surface area contributed by atoms with Crippen LogP contribution in [0.3, 0.4) is 0 Å². The zero-order valence-electron chi connectivity index (χ0n) is 12.1. The van der Waals surface area contributed by atoms with E-state index < -0.39 is 6.10 Å². The van der Waals surface area contributed by atoms with Gasteiger partial charge in [0.2, 0.25) is 0 Å². The maximum absolute atomic E-state index is 10.7. The molecule has 0 aliphatic carbocycles. The highest BCUT2D eigenvalue weighted by atomic mass is 32.1. The summed E-state index contributed by atoms with van der Waals surface area (Å²) in [6.45, 7) is 4.41. The number of hydrogen-bond acceptors (Lipinski definition) is 4. The molecule has 1 heterocycles. The summed E-state index contributed by atoms with van der Waals surface area (Å²) in [5.74, 6) is 0.608. The molecule has 0 fully saturated rings. The number of rotatable bonds is 5. The van der Waals surface area contributed by atoms with Gasteiger partial charge in [0.15, 0.2) is 0 Å². The quantitative estimate of drug-likeness (QED) is 0.889. The Labute approximate surface area is 124 Å². The van der Waals surface area contributed by atoms with E-state index in [9.17, 15) is 5.11 Å². The second-order valence-electron chi connectivity index (χ2n) is 5.04. The average Bonchev–Trinajstić information content (AvgIpc) is 2.86. The lowest BCUT2D eigenvalue weighted by atomic mass is 9.87. The Hall–Kier alpha value is -1.36. The maximum atomic E-state index is 10.7. The van der Waals surface area contributed by atoms with Crippen molar-refractivity contribution in [2.45, 2.75) is 25.9 Å². The van der Waals surface area contributed by atoms with Crippen molar-refractivity contribution in [3.05, 3.63) is 51.2 Å². The monoisotopic (exact) mass is 291 g/mol. The van der Waals surface area contributed by atoms with Crippen LogP contribution in [0.5, 0.6) is 5.75 Å². The van der Waals surface area contributed by atoms with Crippen molar-refractivity contribution < 1.29 is 9.84 Å². The zero-order chi connectivity index (χ0) is 14.7. The molecule has 0 amide bonds. The minimum atomic E-state index is -0.609. The molecule has 1 aromatic heterocycles. The van der Waals surface area contributed by atoms with Crippen molar-refractivity contribution in [3.63, 3.8) is 0 Å². The first kappa shape index (κ1) is 15.0. The van der Waals surface area contributed by atoms with Crippen LogP contribution < -0.4 is 10.5 Å². The third-order valence-electron chi connectivity index (χ3n) is 3.63. The number of hydrogen-bond donors (Lipinski definition) is 2. The number of thiophene rings is 1. The summed E-state index contributed by atoms with van der Waals surface area (Å²) in [6, 6.07) is 5.97. The van der Waals surface area contributed by atoms with Crippen molar-refractivity contribution in [1.82, 2.24) is 0 Å². The summed E-state index contributed by atoms with van der Waals surface area (Å²) in [5, 5.41) is 14.7. The van der Waals surface area contributed by atoms with Crippen LogP contribution in [0.25, 0.3) is 0 Å². The number of methoxy groups -OCH3 is 1. The van der Waals surface area contributed by atoms with Gasteiger partial charge in [0, 0.05) is 18.0 Å². The van der Waals surface area contributed by atoms with Crippen molar-refractivity contribution in [2.24, 2.45) is 5.73 Å². The van der Waals surface area contributed by atoms with Gasteiger partial charge in [-0.15, -0.1) is 0 Å². The Morgan fingerprint density at radius 3 is 2.55 bits per heavy atom. The minimum Gasteiger partial charge on any atom is -0.496 e. The summed E-state index contributed by atoms with van der Waals surface area (Å²) in [6.07, 6.45) is -0.609. The summed E-state index contributed by atoms with van der Waals surface area (Å²) in [7, 11) is 1.64. The summed E-state index contributed by atoms with van der Waals surface area (Å²) in [4.78, 5) is 0. The Bertz CT molecular complexity index is 580. The molecular weight excluding hydrogens is 270 g/mol. The van der Waals surface area contributed by atoms with E-state index in [-0.39, 0.29) is 5.92 Å². The Morgan fingerprint density at radius 2 is 2.00 bits per heavy atom. The number of aryl methyl sites for hydroxylation is 2. The normalized spacial score (nSPS) is 14.1. The third kappa shape index (κ3) is 2.87. The van der Waals surface area contributed by atoms with E-state index in [2.05, 4.69) is 0 Å². The highest BCUT2D eigenvalue weighted by Gasteiger charge is 2.26. The van der Waals surface area contributed by atoms with Crippen LogP contribution in [0.2, 0.25) is 0 Å². The molecule has 2 atom stereocenters. The molecule has 0 saturated carbocycles. The van der Waals surface area contributed by atoms with Crippen LogP contribution in [0.15, 0.2) is 29.0 Å². The topological polar surface area (TPSA) is 55.5 Å². The van der Waals surface area contributed by atoms with Crippen LogP contribution in [0.1, 0.15) is 34.3 Å². The number of nitrogens with two attached hydrogens (primary N) is 1. The second-order valence-corrected chi connectivity index (χ2v) is 5.79. The van der Waals surface area contributed by atoms with Gasteiger partial charge in [-0.05, 0) is 41.8 Å². The first-order valence-electron chi connectivity index (χ1n) is 6.63. The third-order valence-corrected chi connectivity index (χ3v) is 4.51. The molecule has 108 valence electrons. The van der Waals surface area contributed by atoms with Crippen molar-refractivity contribution in [3.8, 4) is 5.75 Å². The summed E-state index contributed by atoms with van der Waals surface area (Å²) in [5.41, 5.74) is 10.1. The number of benzene rings is 1. The fourth-order valence-corrected chi connectivity index (χ4v) is 3.34. The van der Waals surface area contributed by atoms with Gasteiger partial charge in [-0.25, -0.2) is 0 Å². The van der Waals surface area contributed by atoms with Crippen LogP contribution in [-0.4, -0.2) is 18.8 Å². The summed E-state index contributed by atoms with van der Waals surface area (Å²) < 4.78 is 5.42. The predicted molar refractivity (Wildman–Crippen MR) is 83.5 cm³/mol. The molecule has 3 N–H and O–H groups in total. The summed E-state index contributed by atoms with van der Waals surface area (Å²) >= 11 is 1.60. The van der Waals surface area contributed by atoms with Gasteiger partial charge in [0.05, 0.1) is 13.2 Å². The number of ether oxygens (including phenoxy) is 1. The fraction of sp³-hybridized carbons (Fsp3) is 0.375. The Balaban J connectivity index is 2.42. The van der Waals surface area contributed by atoms with E-state index in [1.54, 1.807) is 18.4 Å². The fourth-order valence-electron chi connectivity index (χ4n) is 2.46. The van der Waals surface area contributed by atoms with Gasteiger partial charge in [0.25, 0.3) is 0 Å². The van der Waals surface area contributed by atoms with Crippen LogP contribution in [0.4, 0.5) is 0 Å². The van der Waals surface area contributed by atoms with Gasteiger partial charge in [-0.3, -0.25) is 0 Å². The van der Waals surface area contributed by atoms with Gasteiger partial charge in [-0.1, -0.05) is 17.7 Å². The highest BCUT2D eigenvalue weighted by molar-refractivity contribution is 7.08. The van der Waals surface area contributed by atoms with E-state index in [4.69, 9.17) is 10.5 Å². The molecule has 0 aliphatic heterocycles. The van der Waals surface area contributed by atoms with Gasteiger partial charge < -0.3 is 15.6 Å². The molecule has 0 aliphatic rings. The maximum Gasteiger partial charge on any atom is 0.122 e. The first-order valence-corrected chi connectivity index (χ1v) is 7.58. The molecule has 3 nitrogen and oxygen atoms in total. The molecule has 0 saturated heterocycles. The average molecular weight is 291 g/mol. The lowest BCUT2D eigenvalue weighted by molar-refractivity contribution is 0.146. The molecule has 2 rings (SSSR count). The molecule has 4 heteroatoms. The molecule has 20 heavy (non-hydrogen) atoms. The highest BCUT2D eigenvalue weighted by Crippen LogP contribution is 2.37. The smallest absolute Gasteiger partial charge is 0.122 e. The van der Waals surface area contributed by atoms with E-state index in [1.807, 2.05) is 42.8 Å². The molecular formula is C16H21NO2S. The first-order chi connectivity index (χ1) is 9.58. The second kappa shape index (κ2) is 6.39. The zero-order valence-corrected chi connectivity index (χ0v) is 12.9. The van der Waals surface area contributed by atoms with Gasteiger partial charge in [0.1, 0.15) is 5.75 Å². The van der Waals surface area contributed by atoms with E-state index in [0.29, 0.717) is 6.54 Å². The lowest BCUT2D eigenvalue weighted by Crippen LogP contribution is -2.21. The van der Waals surface area contributed by atoms with Crippen LogP contribution in [-0.2, 0) is 0 Å². The van der Waals surface area contributed by atoms with E-state index in [0.717, 1.165) is 28.0 Å². The van der Waals surface area contributed by atoms with E-state index >= 15 is 0 Å². The Kier molecular flexibility index (Phi) is 4.81. The molecule has 0 spiro atoms. The predicted octanol–water partition coefficient (Wildman–Crippen LogP) is 3.15. The van der Waals surface area contributed by atoms with Gasteiger partial charge >= 0.3 is 0 Å². The van der Waals surface area contributed by atoms with E-state index in [1.165, 1.54) is 0 Å². The molecule has 0 radical (unpaired) electrons. The lowest BCUT2D eigenvalue weighted by Gasteiger charge is -2.24. The Morgan fingerprint density at radius 1 is 1.25 bits per heavy atom. The van der Waals surface area contributed by atoms with Crippen molar-refractivity contribution in [1.29, 1.82) is 0 Å². The minimum absolute atomic E-state index is 0.168. The van der Waals surface area contributed by atoms with Gasteiger partial charge in [-0.2, -0.15) is 11.3 Å². The van der Waals surface area contributed by atoms with Crippen LogP contribution in [0, 0.1) is 13.8 Å². The van der Waals surface area contributed by atoms with Crippen molar-refractivity contribution >= 4 is 11.3 Å². The van der Waals surface area contributed by atoms with Crippen LogP contribution >= 0.6 is 11.3 Å². The largest absolute Gasteiger partial charge is 0.496 e. The number of aliphatic hydroxyl groups is 1. The molecule has 2 aromatic rings. The molecule has 2 unspecified atom stereocenters. The van der Waals surface area contributed by atoms with Crippen molar-refractivity contribution in [2.75, 3.05) is 13.7 Å². The molecule has 1 aromatic carbocycles. The molecule has 0 bridgehead atoms.